The number of rotatable bonds is 7. The van der Waals surface area contributed by atoms with E-state index in [1.807, 2.05) is 4.57 Å². The minimum absolute atomic E-state index is 0.154. The quantitative estimate of drug-likeness (QED) is 0.644. The molecule has 0 saturated carbocycles. The second-order valence-corrected chi connectivity index (χ2v) is 6.45. The van der Waals surface area contributed by atoms with Gasteiger partial charge in [0.25, 0.3) is 5.91 Å². The maximum Gasteiger partial charge on any atom is 0.258 e. The van der Waals surface area contributed by atoms with Crippen molar-refractivity contribution in [2.75, 3.05) is 17.3 Å². The first-order chi connectivity index (χ1) is 13.9. The fourth-order valence-electron chi connectivity index (χ4n) is 2.76. The molecule has 29 heavy (non-hydrogen) atoms. The van der Waals surface area contributed by atoms with Gasteiger partial charge in [-0.3, -0.25) is 14.4 Å². The molecule has 3 rings (SSSR count). The zero-order valence-corrected chi connectivity index (χ0v) is 15.9. The molecule has 0 unspecified atom stereocenters. The van der Waals surface area contributed by atoms with Crippen LogP contribution in [0, 0.1) is 0 Å². The van der Waals surface area contributed by atoms with E-state index in [4.69, 9.17) is 5.73 Å². The Hall–Kier alpha value is -3.94. The number of aromatic nitrogens is 2. The predicted octanol–water partition coefficient (Wildman–Crippen LogP) is 2.29. The van der Waals surface area contributed by atoms with Gasteiger partial charge in [-0.05, 0) is 42.5 Å². The first-order valence-electron chi connectivity index (χ1n) is 8.97. The summed E-state index contributed by atoms with van der Waals surface area (Å²) < 4.78 is 1.82. The Morgan fingerprint density at radius 2 is 1.86 bits per heavy atom. The number of imidazole rings is 1. The van der Waals surface area contributed by atoms with Crippen LogP contribution in [0.4, 0.5) is 11.4 Å². The molecule has 8 heteroatoms. The summed E-state index contributed by atoms with van der Waals surface area (Å²) in [6, 6.07) is 13.2. The molecule has 0 saturated heterocycles. The average Bonchev–Trinajstić information content (AvgIpc) is 3.25. The van der Waals surface area contributed by atoms with E-state index in [0.29, 0.717) is 35.5 Å². The lowest BCUT2D eigenvalue weighted by Gasteiger charge is -2.18. The zero-order valence-electron chi connectivity index (χ0n) is 15.9. The van der Waals surface area contributed by atoms with E-state index in [9.17, 15) is 14.4 Å². The number of carbonyl (C=O) groups is 3. The summed E-state index contributed by atoms with van der Waals surface area (Å²) in [5.41, 5.74) is 7.20. The smallest absolute Gasteiger partial charge is 0.258 e. The summed E-state index contributed by atoms with van der Waals surface area (Å²) in [6.07, 6.45) is 5.39. The molecular formula is C21H21N5O3. The van der Waals surface area contributed by atoms with Crippen molar-refractivity contribution in [1.29, 1.82) is 0 Å². The molecule has 1 heterocycles. The number of anilines is 2. The fourth-order valence-corrected chi connectivity index (χ4v) is 2.76. The van der Waals surface area contributed by atoms with Gasteiger partial charge in [-0.2, -0.15) is 0 Å². The van der Waals surface area contributed by atoms with Gasteiger partial charge in [-0.1, -0.05) is 6.07 Å². The van der Waals surface area contributed by atoms with Gasteiger partial charge in [-0.25, -0.2) is 4.98 Å². The van der Waals surface area contributed by atoms with Gasteiger partial charge in [0.1, 0.15) is 0 Å². The molecule has 3 amide bonds. The Kier molecular flexibility index (Phi) is 6.03. The summed E-state index contributed by atoms with van der Waals surface area (Å²) in [5, 5.41) is 2.80. The summed E-state index contributed by atoms with van der Waals surface area (Å²) in [7, 11) is 1.64. The third-order valence-electron chi connectivity index (χ3n) is 4.39. The lowest BCUT2D eigenvalue weighted by atomic mass is 10.1. The van der Waals surface area contributed by atoms with Crippen molar-refractivity contribution in [3.63, 3.8) is 0 Å². The molecular weight excluding hydrogens is 370 g/mol. The van der Waals surface area contributed by atoms with Crippen LogP contribution in [0.1, 0.15) is 27.1 Å². The van der Waals surface area contributed by atoms with Crippen molar-refractivity contribution in [3.8, 4) is 0 Å². The van der Waals surface area contributed by atoms with Gasteiger partial charge in [0.2, 0.25) is 11.8 Å². The van der Waals surface area contributed by atoms with Crippen LogP contribution in [0.25, 0.3) is 0 Å². The molecule has 1 aromatic heterocycles. The zero-order chi connectivity index (χ0) is 20.8. The van der Waals surface area contributed by atoms with Crippen LogP contribution in [0.2, 0.25) is 0 Å². The van der Waals surface area contributed by atoms with Crippen molar-refractivity contribution in [2.45, 2.75) is 13.0 Å². The average molecular weight is 391 g/mol. The van der Waals surface area contributed by atoms with Crippen LogP contribution in [-0.4, -0.2) is 34.3 Å². The van der Waals surface area contributed by atoms with Gasteiger partial charge >= 0.3 is 0 Å². The molecule has 148 valence electrons. The molecule has 0 bridgehead atoms. The van der Waals surface area contributed by atoms with Gasteiger partial charge < -0.3 is 20.5 Å². The molecule has 0 spiro atoms. The van der Waals surface area contributed by atoms with Gasteiger partial charge in [0.05, 0.1) is 6.33 Å². The third-order valence-corrected chi connectivity index (χ3v) is 4.39. The molecule has 0 radical (unpaired) electrons. The standard InChI is InChI=1S/C21H21N5O3/c1-25(18-7-5-15(6-8-18)20(22)28)21(29)16-3-2-4-17(13-16)24-19(27)9-11-26-12-10-23-14-26/h2-8,10,12-14H,9,11H2,1H3,(H2,22,28)(H,24,27). The van der Waals surface area contributed by atoms with E-state index in [2.05, 4.69) is 10.3 Å². The number of aryl methyl sites for hydroxylation is 1. The highest BCUT2D eigenvalue weighted by atomic mass is 16.2. The molecule has 3 N–H and O–H groups in total. The molecule has 8 nitrogen and oxygen atoms in total. The van der Waals surface area contributed by atoms with Crippen molar-refractivity contribution in [3.05, 3.63) is 78.4 Å². The van der Waals surface area contributed by atoms with E-state index in [-0.39, 0.29) is 11.8 Å². The SMILES string of the molecule is CN(C(=O)c1cccc(NC(=O)CCn2ccnc2)c1)c1ccc(C(N)=O)cc1. The fraction of sp³-hybridized carbons (Fsp3) is 0.143. The Labute approximate surface area is 168 Å². The van der Waals surface area contributed by atoms with Crippen LogP contribution in [-0.2, 0) is 11.3 Å². The van der Waals surface area contributed by atoms with Gasteiger partial charge in [0, 0.05) is 54.9 Å². The molecule has 0 fully saturated rings. The minimum atomic E-state index is -0.526. The molecule has 0 aliphatic carbocycles. The summed E-state index contributed by atoms with van der Waals surface area (Å²) >= 11 is 0. The molecule has 0 aliphatic heterocycles. The topological polar surface area (TPSA) is 110 Å². The number of benzene rings is 2. The number of nitrogens with zero attached hydrogens (tertiary/aromatic N) is 3. The first-order valence-corrected chi connectivity index (χ1v) is 8.97. The van der Waals surface area contributed by atoms with Gasteiger partial charge in [0.15, 0.2) is 0 Å². The third kappa shape index (κ3) is 5.07. The van der Waals surface area contributed by atoms with Crippen molar-refractivity contribution in [1.82, 2.24) is 9.55 Å². The van der Waals surface area contributed by atoms with Crippen LogP contribution in [0.15, 0.2) is 67.3 Å². The predicted molar refractivity (Wildman–Crippen MR) is 110 cm³/mol. The maximum absolute atomic E-state index is 12.8. The molecule has 2 aromatic carbocycles. The number of primary amides is 1. The largest absolute Gasteiger partial charge is 0.366 e. The highest BCUT2D eigenvalue weighted by Gasteiger charge is 2.15. The van der Waals surface area contributed by atoms with E-state index in [0.717, 1.165) is 0 Å². The monoisotopic (exact) mass is 391 g/mol. The summed E-state index contributed by atoms with van der Waals surface area (Å²) in [6.45, 7) is 0.522. The van der Waals surface area contributed by atoms with Gasteiger partial charge in [-0.15, -0.1) is 0 Å². The number of amides is 3. The van der Waals surface area contributed by atoms with E-state index >= 15 is 0 Å². The van der Waals surface area contributed by atoms with E-state index in [1.165, 1.54) is 4.90 Å². The van der Waals surface area contributed by atoms with Crippen molar-refractivity contribution < 1.29 is 14.4 Å². The maximum atomic E-state index is 12.8. The van der Waals surface area contributed by atoms with E-state index in [1.54, 1.807) is 74.3 Å². The Balaban J connectivity index is 1.65. The summed E-state index contributed by atoms with van der Waals surface area (Å²) in [5.74, 6) is -0.924. The first kappa shape index (κ1) is 19.8. The Bertz CT molecular complexity index is 1010. The number of nitrogens with two attached hydrogens (primary N) is 1. The van der Waals surface area contributed by atoms with Crippen LogP contribution < -0.4 is 16.0 Å². The van der Waals surface area contributed by atoms with E-state index < -0.39 is 5.91 Å². The Morgan fingerprint density at radius 3 is 2.52 bits per heavy atom. The number of hydrogen-bond donors (Lipinski definition) is 2. The second-order valence-electron chi connectivity index (χ2n) is 6.45. The molecule has 3 aromatic rings. The Morgan fingerprint density at radius 1 is 1.10 bits per heavy atom. The summed E-state index contributed by atoms with van der Waals surface area (Å²) in [4.78, 5) is 41.5. The lowest BCUT2D eigenvalue weighted by Crippen LogP contribution is -2.26. The molecule has 0 aliphatic rings. The number of carbonyl (C=O) groups excluding carboxylic acids is 3. The van der Waals surface area contributed by atoms with Crippen LogP contribution >= 0.6 is 0 Å². The van der Waals surface area contributed by atoms with Crippen molar-refractivity contribution in [2.24, 2.45) is 5.73 Å². The van der Waals surface area contributed by atoms with Crippen LogP contribution in [0.3, 0.4) is 0 Å². The highest BCUT2D eigenvalue weighted by molar-refractivity contribution is 6.07. The normalized spacial score (nSPS) is 10.4. The highest BCUT2D eigenvalue weighted by Crippen LogP contribution is 2.18. The number of nitrogens with one attached hydrogen (secondary N) is 1. The lowest BCUT2D eigenvalue weighted by molar-refractivity contribution is -0.116. The minimum Gasteiger partial charge on any atom is -0.366 e. The second kappa shape index (κ2) is 8.83. The van der Waals surface area contributed by atoms with Crippen molar-refractivity contribution >= 4 is 29.1 Å². The molecule has 0 atom stereocenters. The van der Waals surface area contributed by atoms with Crippen LogP contribution in [0.5, 0.6) is 0 Å². The number of hydrogen-bond acceptors (Lipinski definition) is 4.